The van der Waals surface area contributed by atoms with E-state index in [9.17, 15) is 10.4 Å². The number of ether oxygens (including phenoxy) is 2. The molecule has 0 N–H and O–H groups in total. The second-order valence-corrected chi connectivity index (χ2v) is 6.74. The molecule has 0 amide bonds. The quantitative estimate of drug-likeness (QED) is 0.475. The number of benzene rings is 1. The van der Waals surface area contributed by atoms with Crippen LogP contribution in [-0.2, 0) is 14.7 Å². The maximum atomic E-state index is 13.1. The van der Waals surface area contributed by atoms with Crippen molar-refractivity contribution in [3.63, 3.8) is 0 Å². The summed E-state index contributed by atoms with van der Waals surface area (Å²) in [6, 6.07) is 7.10. The topological polar surface area (TPSA) is 67.7 Å². The minimum Gasteiger partial charge on any atom is -0.618 e. The fraction of sp³-hybridized carbons (Fsp3) is 0.588. The fourth-order valence-electron chi connectivity index (χ4n) is 2.82. The Bertz CT molecular complexity index is 572. The highest BCUT2D eigenvalue weighted by Crippen LogP contribution is 2.38. The third kappa shape index (κ3) is 2.99. The molecule has 1 aromatic rings. The van der Waals surface area contributed by atoms with E-state index in [4.69, 9.17) is 9.47 Å². The highest BCUT2D eigenvalue weighted by Gasteiger charge is 2.67. The van der Waals surface area contributed by atoms with Crippen LogP contribution in [0, 0.1) is 5.21 Å². The maximum absolute atomic E-state index is 13.1. The van der Waals surface area contributed by atoms with Crippen LogP contribution >= 0.6 is 0 Å². The highest BCUT2D eigenvalue weighted by molar-refractivity contribution is 6.04. The van der Waals surface area contributed by atoms with Gasteiger partial charge in [-0.15, -0.1) is 9.95 Å². The molecule has 1 aliphatic heterocycles. The minimum absolute atomic E-state index is 0.328. The Morgan fingerprint density at radius 3 is 1.96 bits per heavy atom. The summed E-state index contributed by atoms with van der Waals surface area (Å²) in [5.41, 5.74) is -0.0864. The van der Waals surface area contributed by atoms with Gasteiger partial charge in [-0.2, -0.15) is 0 Å². The first-order valence-electron chi connectivity index (χ1n) is 7.86. The van der Waals surface area contributed by atoms with Crippen molar-refractivity contribution in [3.8, 4) is 0 Å². The Balaban J connectivity index is 2.65. The van der Waals surface area contributed by atoms with Gasteiger partial charge in [-0.3, -0.25) is 9.47 Å². The van der Waals surface area contributed by atoms with Crippen molar-refractivity contribution < 1.29 is 19.4 Å². The molecule has 0 spiro atoms. The molecule has 0 unspecified atom stereocenters. The molecule has 0 aromatic heterocycles. The molecule has 0 saturated carbocycles. The van der Waals surface area contributed by atoms with Gasteiger partial charge in [0, 0.05) is 5.56 Å². The van der Waals surface area contributed by atoms with Gasteiger partial charge in [-0.25, -0.2) is 0 Å². The lowest BCUT2D eigenvalue weighted by atomic mass is 9.93. The van der Waals surface area contributed by atoms with Gasteiger partial charge in [0.15, 0.2) is 0 Å². The second kappa shape index (κ2) is 6.20. The van der Waals surface area contributed by atoms with E-state index in [-0.39, 0.29) is 12.2 Å². The summed E-state index contributed by atoms with van der Waals surface area (Å²) in [5, 5.41) is 26.8. The van der Waals surface area contributed by atoms with Gasteiger partial charge in [0.05, 0.1) is 12.2 Å². The standard InChI is InChI=1S/C17H25N2O4/c1-12(2)22-17(23-13(3)4)18(20)15(16(5,6)19(17)21)14-10-8-7-9-11-14/h7-13H,1-6H3. The average molecular weight is 321 g/mol. The van der Waals surface area contributed by atoms with Crippen molar-refractivity contribution in [2.24, 2.45) is 0 Å². The zero-order valence-corrected chi connectivity index (χ0v) is 14.6. The van der Waals surface area contributed by atoms with Crippen LogP contribution in [0.25, 0.3) is 0 Å². The highest BCUT2D eigenvalue weighted by atomic mass is 16.8. The maximum Gasteiger partial charge on any atom is 0.496 e. The van der Waals surface area contributed by atoms with Gasteiger partial charge in [0.2, 0.25) is 5.71 Å². The molecule has 1 heterocycles. The fourth-order valence-corrected chi connectivity index (χ4v) is 2.82. The minimum atomic E-state index is -2.02. The van der Waals surface area contributed by atoms with Gasteiger partial charge in [0.1, 0.15) is 5.54 Å². The molecule has 0 fully saturated rings. The Labute approximate surface area is 137 Å². The van der Waals surface area contributed by atoms with Crippen LogP contribution in [-0.4, -0.2) is 39.3 Å². The molecular weight excluding hydrogens is 296 g/mol. The average Bonchev–Trinajstić information content (AvgIpc) is 2.57. The van der Waals surface area contributed by atoms with Crippen molar-refractivity contribution in [3.05, 3.63) is 41.1 Å². The van der Waals surface area contributed by atoms with Gasteiger partial charge >= 0.3 is 6.03 Å². The lowest BCUT2D eigenvalue weighted by Gasteiger charge is -2.34. The van der Waals surface area contributed by atoms with Crippen LogP contribution in [0.2, 0.25) is 0 Å². The lowest BCUT2D eigenvalue weighted by molar-refractivity contribution is -0.733. The van der Waals surface area contributed by atoms with Crippen molar-refractivity contribution in [1.29, 1.82) is 0 Å². The number of rotatable bonds is 5. The van der Waals surface area contributed by atoms with Crippen LogP contribution in [0.15, 0.2) is 30.3 Å². The van der Waals surface area contributed by atoms with E-state index in [1.165, 1.54) is 0 Å². The normalized spacial score (nSPS) is 20.7. The summed E-state index contributed by atoms with van der Waals surface area (Å²) in [7, 11) is 0. The molecule has 1 radical (unpaired) electrons. The van der Waals surface area contributed by atoms with Crippen molar-refractivity contribution in [2.75, 3.05) is 0 Å². The molecule has 6 heteroatoms. The Kier molecular flexibility index (Phi) is 4.82. The largest absolute Gasteiger partial charge is 0.618 e. The number of hydrogen-bond acceptors (Lipinski definition) is 4. The molecule has 23 heavy (non-hydrogen) atoms. The Morgan fingerprint density at radius 1 is 1.04 bits per heavy atom. The SMILES string of the molecule is CC(C)OC1(OC(C)C)N([O])C(C)(C)C(c2ccccc2)=[N+]1[O-]. The van der Waals surface area contributed by atoms with Crippen molar-refractivity contribution in [1.82, 2.24) is 5.06 Å². The van der Waals surface area contributed by atoms with Gasteiger partial charge in [-0.05, 0) is 58.7 Å². The van der Waals surface area contributed by atoms with E-state index in [1.54, 1.807) is 53.7 Å². The molecule has 0 aliphatic carbocycles. The first-order chi connectivity index (χ1) is 10.6. The van der Waals surface area contributed by atoms with E-state index < -0.39 is 11.6 Å². The van der Waals surface area contributed by atoms with E-state index in [0.717, 1.165) is 0 Å². The van der Waals surface area contributed by atoms with Crippen molar-refractivity contribution >= 4 is 5.71 Å². The summed E-state index contributed by atoms with van der Waals surface area (Å²) < 4.78 is 12.0. The third-order valence-corrected chi connectivity index (χ3v) is 3.63. The van der Waals surface area contributed by atoms with Gasteiger partial charge in [0.25, 0.3) is 0 Å². The molecule has 1 aliphatic rings. The zero-order chi connectivity index (χ0) is 17.4. The summed E-state index contributed by atoms with van der Waals surface area (Å²) >= 11 is 0. The Hall–Kier alpha value is -1.47. The molecule has 127 valence electrons. The molecule has 0 atom stereocenters. The van der Waals surface area contributed by atoms with Crippen LogP contribution in [0.4, 0.5) is 0 Å². The third-order valence-electron chi connectivity index (χ3n) is 3.63. The molecule has 2 rings (SSSR count). The van der Waals surface area contributed by atoms with E-state index in [1.807, 2.05) is 18.2 Å². The Morgan fingerprint density at radius 2 is 1.52 bits per heavy atom. The zero-order valence-electron chi connectivity index (χ0n) is 14.6. The van der Waals surface area contributed by atoms with Crippen LogP contribution in [0.3, 0.4) is 0 Å². The monoisotopic (exact) mass is 321 g/mol. The molecular formula is C17H25N2O4. The predicted molar refractivity (Wildman–Crippen MR) is 86.0 cm³/mol. The molecule has 0 saturated heterocycles. The van der Waals surface area contributed by atoms with E-state index in [0.29, 0.717) is 21.1 Å². The molecule has 0 bridgehead atoms. The van der Waals surface area contributed by atoms with Gasteiger partial charge in [-0.1, -0.05) is 18.2 Å². The van der Waals surface area contributed by atoms with Crippen molar-refractivity contribution in [2.45, 2.75) is 65.3 Å². The number of nitrogens with zero attached hydrogens (tertiary/aromatic N) is 2. The van der Waals surface area contributed by atoms with E-state index >= 15 is 0 Å². The second-order valence-electron chi connectivity index (χ2n) is 6.74. The smallest absolute Gasteiger partial charge is 0.496 e. The number of hydrogen-bond donors (Lipinski definition) is 0. The lowest BCUT2D eigenvalue weighted by Crippen LogP contribution is -2.59. The van der Waals surface area contributed by atoms with Gasteiger partial charge < -0.3 is 5.21 Å². The summed E-state index contributed by atoms with van der Waals surface area (Å²) in [5.74, 6) is 0. The first-order valence-corrected chi connectivity index (χ1v) is 7.86. The van der Waals surface area contributed by atoms with Crippen LogP contribution in [0.1, 0.15) is 47.1 Å². The van der Waals surface area contributed by atoms with Crippen LogP contribution < -0.4 is 0 Å². The number of hydroxylamine groups is 3. The first kappa shape index (κ1) is 17.9. The van der Waals surface area contributed by atoms with Crippen LogP contribution in [0.5, 0.6) is 0 Å². The van der Waals surface area contributed by atoms with E-state index in [2.05, 4.69) is 0 Å². The molecule has 1 aromatic carbocycles. The summed E-state index contributed by atoms with van der Waals surface area (Å²) in [6.07, 6.45) is -0.708. The summed E-state index contributed by atoms with van der Waals surface area (Å²) in [6.45, 7) is 10.5. The summed E-state index contributed by atoms with van der Waals surface area (Å²) in [4.78, 5) is 0. The predicted octanol–water partition coefficient (Wildman–Crippen LogP) is 2.89. The molecule has 6 nitrogen and oxygen atoms in total.